The van der Waals surface area contributed by atoms with E-state index in [4.69, 9.17) is 0 Å². The van der Waals surface area contributed by atoms with E-state index in [0.717, 1.165) is 6.07 Å². The fourth-order valence-corrected chi connectivity index (χ4v) is 5.29. The Labute approximate surface area is 232 Å². The van der Waals surface area contributed by atoms with Gasteiger partial charge < -0.3 is 9.88 Å². The minimum Gasteiger partial charge on any atom is -0.367 e. The number of nitriles is 2. The van der Waals surface area contributed by atoms with Gasteiger partial charge in [-0.25, -0.2) is 4.98 Å². The van der Waals surface area contributed by atoms with Crippen LogP contribution in [0.1, 0.15) is 39.9 Å². The average Bonchev–Trinajstić information content (AvgIpc) is 3.52. The molecule has 1 amide bonds. The first-order valence-electron chi connectivity index (χ1n) is 12.7. The normalized spacial score (nSPS) is 17.9. The summed E-state index contributed by atoms with van der Waals surface area (Å²) in [5.41, 5.74) is 1.24. The summed E-state index contributed by atoms with van der Waals surface area (Å²) in [5.74, 6) is 0.425. The monoisotopic (exact) mass is 554 g/mol. The van der Waals surface area contributed by atoms with E-state index >= 15 is 0 Å². The molecule has 9 nitrogen and oxygen atoms in total. The molecule has 2 aromatic carbocycles. The Morgan fingerprint density at radius 3 is 2.54 bits per heavy atom. The molecule has 1 N–H and O–H groups in total. The van der Waals surface area contributed by atoms with Crippen LogP contribution in [0.3, 0.4) is 0 Å². The smallest absolute Gasteiger partial charge is 0.367 e. The van der Waals surface area contributed by atoms with Crippen LogP contribution in [0.5, 0.6) is 0 Å². The van der Waals surface area contributed by atoms with Crippen LogP contribution in [-0.4, -0.2) is 31.7 Å². The van der Waals surface area contributed by atoms with Gasteiger partial charge in [0, 0.05) is 24.2 Å². The first kappa shape index (κ1) is 26.0. The number of nitrogens with one attached hydrogen (secondary N) is 1. The van der Waals surface area contributed by atoms with Crippen LogP contribution in [0.25, 0.3) is 22.5 Å². The highest BCUT2D eigenvalue weighted by Gasteiger charge is 2.40. The third kappa shape index (κ3) is 4.63. The Morgan fingerprint density at radius 1 is 1.05 bits per heavy atom. The molecule has 1 saturated carbocycles. The summed E-state index contributed by atoms with van der Waals surface area (Å²) >= 11 is 0. The van der Waals surface area contributed by atoms with Crippen LogP contribution in [0.2, 0.25) is 0 Å². The quantitative estimate of drug-likeness (QED) is 0.355. The first-order chi connectivity index (χ1) is 19.7. The van der Waals surface area contributed by atoms with Gasteiger partial charge in [-0.05, 0) is 72.0 Å². The minimum absolute atomic E-state index is 0.0244. The number of aromatic nitrogens is 4. The third-order valence-corrected chi connectivity index (χ3v) is 7.45. The van der Waals surface area contributed by atoms with Crippen molar-refractivity contribution >= 4 is 17.5 Å². The van der Waals surface area contributed by atoms with Gasteiger partial charge in [-0.2, -0.15) is 23.7 Å². The number of amides is 1. The maximum Gasteiger partial charge on any atom is 0.416 e. The molecule has 41 heavy (non-hydrogen) atoms. The number of pyridine rings is 1. The van der Waals surface area contributed by atoms with Crippen molar-refractivity contribution in [3.8, 4) is 34.7 Å². The molecule has 0 radical (unpaired) electrons. The van der Waals surface area contributed by atoms with Gasteiger partial charge in [0.1, 0.15) is 18.0 Å². The molecule has 12 heteroatoms. The molecule has 0 bridgehead atoms. The van der Waals surface area contributed by atoms with E-state index in [-0.39, 0.29) is 35.4 Å². The molecule has 1 fully saturated rings. The fraction of sp³-hybridized carbons (Fsp3) is 0.241. The number of halogens is 3. The van der Waals surface area contributed by atoms with E-state index < -0.39 is 17.6 Å². The van der Waals surface area contributed by atoms with E-state index in [1.54, 1.807) is 48.3 Å². The number of hydrogen-bond donors (Lipinski definition) is 1. The predicted molar refractivity (Wildman–Crippen MR) is 142 cm³/mol. The molecule has 4 aromatic rings. The van der Waals surface area contributed by atoms with E-state index in [1.807, 2.05) is 0 Å². The van der Waals surface area contributed by atoms with Crippen molar-refractivity contribution in [3.63, 3.8) is 0 Å². The predicted octanol–water partition coefficient (Wildman–Crippen LogP) is 5.31. The number of rotatable bonds is 5. The van der Waals surface area contributed by atoms with Gasteiger partial charge in [0.15, 0.2) is 5.82 Å². The third-order valence-electron chi connectivity index (χ3n) is 7.45. The molecular weight excluding hydrogens is 533 g/mol. The lowest BCUT2D eigenvalue weighted by atomic mass is 9.81. The SMILES string of the molecule is Cn1cnnc1-c1ccc(C#N)cc1-c1cc(NC2CC(C#N)C2)nc(N2Cc3c(cccc3C(F)(F)F)C2=O)c1. The highest BCUT2D eigenvalue weighted by atomic mass is 19.4. The van der Waals surface area contributed by atoms with E-state index in [2.05, 4.69) is 32.6 Å². The molecule has 3 heterocycles. The second kappa shape index (κ2) is 9.75. The van der Waals surface area contributed by atoms with Crippen molar-refractivity contribution in [1.82, 2.24) is 19.7 Å². The van der Waals surface area contributed by atoms with E-state index in [0.29, 0.717) is 46.7 Å². The molecule has 6 rings (SSSR count). The van der Waals surface area contributed by atoms with Crippen LogP contribution in [0.15, 0.2) is 54.9 Å². The molecule has 0 spiro atoms. The van der Waals surface area contributed by atoms with Gasteiger partial charge in [-0.3, -0.25) is 9.69 Å². The Hall–Kier alpha value is -5.23. The number of alkyl halides is 3. The zero-order chi connectivity index (χ0) is 28.9. The number of aryl methyl sites for hydroxylation is 1. The summed E-state index contributed by atoms with van der Waals surface area (Å²) in [7, 11) is 1.78. The zero-order valence-corrected chi connectivity index (χ0v) is 21.6. The second-order valence-electron chi connectivity index (χ2n) is 10.1. The topological polar surface area (TPSA) is 124 Å². The Morgan fingerprint density at radius 2 is 1.85 bits per heavy atom. The van der Waals surface area contributed by atoms with Gasteiger partial charge in [-0.1, -0.05) is 6.07 Å². The number of benzene rings is 2. The molecule has 204 valence electrons. The zero-order valence-electron chi connectivity index (χ0n) is 21.6. The van der Waals surface area contributed by atoms with E-state index in [1.165, 1.54) is 17.0 Å². The molecule has 1 aliphatic carbocycles. The lowest BCUT2D eigenvalue weighted by Gasteiger charge is -2.32. The second-order valence-corrected chi connectivity index (χ2v) is 10.1. The first-order valence-corrected chi connectivity index (χ1v) is 12.7. The van der Waals surface area contributed by atoms with Crippen LogP contribution < -0.4 is 10.2 Å². The largest absolute Gasteiger partial charge is 0.416 e. The fourth-order valence-electron chi connectivity index (χ4n) is 5.29. The highest BCUT2D eigenvalue weighted by molar-refractivity contribution is 6.10. The van der Waals surface area contributed by atoms with Gasteiger partial charge in [-0.15, -0.1) is 10.2 Å². The number of carbonyl (C=O) groups is 1. The van der Waals surface area contributed by atoms with Gasteiger partial charge in [0.05, 0.1) is 35.7 Å². The van der Waals surface area contributed by atoms with Crippen molar-refractivity contribution < 1.29 is 18.0 Å². The van der Waals surface area contributed by atoms with Crippen LogP contribution in [0, 0.1) is 28.6 Å². The summed E-state index contributed by atoms with van der Waals surface area (Å²) in [5, 5.41) is 30.3. The van der Waals surface area contributed by atoms with Crippen LogP contribution >= 0.6 is 0 Å². The van der Waals surface area contributed by atoms with Crippen molar-refractivity contribution in [2.75, 3.05) is 10.2 Å². The molecule has 0 saturated heterocycles. The van der Waals surface area contributed by atoms with Gasteiger partial charge in [0.25, 0.3) is 5.91 Å². The number of carbonyl (C=O) groups excluding carboxylic acids is 1. The lowest BCUT2D eigenvalue weighted by Crippen LogP contribution is -2.35. The van der Waals surface area contributed by atoms with E-state index in [9.17, 15) is 28.5 Å². The van der Waals surface area contributed by atoms with Gasteiger partial charge >= 0.3 is 6.18 Å². The molecule has 0 unspecified atom stereocenters. The maximum absolute atomic E-state index is 13.8. The van der Waals surface area contributed by atoms with Crippen molar-refractivity contribution in [2.45, 2.75) is 31.6 Å². The van der Waals surface area contributed by atoms with Gasteiger partial charge in [0.2, 0.25) is 0 Å². The Bertz CT molecular complexity index is 1780. The molecule has 1 aliphatic heterocycles. The van der Waals surface area contributed by atoms with Crippen molar-refractivity contribution in [1.29, 1.82) is 10.5 Å². The van der Waals surface area contributed by atoms with Crippen molar-refractivity contribution in [3.05, 3.63) is 77.1 Å². The standard InChI is InChI=1S/C29H21F3N8O/c1-39-15-35-38-27(39)20-6-5-16(12-33)9-22(20)18-10-25(36-19-7-17(8-19)13-34)37-26(11-18)40-14-23-21(28(40)41)3-2-4-24(23)29(30,31)32/h2-6,9-11,15,17,19H,7-8,14H2,1H3,(H,36,37). The number of hydrogen-bond acceptors (Lipinski definition) is 7. The maximum atomic E-state index is 13.8. The van der Waals surface area contributed by atoms with Crippen LogP contribution in [-0.2, 0) is 19.8 Å². The molecule has 2 aromatic heterocycles. The van der Waals surface area contributed by atoms with Crippen LogP contribution in [0.4, 0.5) is 24.8 Å². The molecule has 0 atom stereocenters. The Balaban J connectivity index is 1.48. The molecular formula is C29H21F3N8O. The summed E-state index contributed by atoms with van der Waals surface area (Å²) in [6.07, 6.45) is -1.83. The number of nitrogens with zero attached hydrogens (tertiary/aromatic N) is 7. The summed E-state index contributed by atoms with van der Waals surface area (Å²) in [6, 6.07) is 16.4. The summed E-state index contributed by atoms with van der Waals surface area (Å²) < 4.78 is 43.0. The average molecular weight is 555 g/mol. The number of anilines is 2. The highest BCUT2D eigenvalue weighted by Crippen LogP contribution is 2.41. The summed E-state index contributed by atoms with van der Waals surface area (Å²) in [6.45, 7) is -0.298. The Kier molecular flexibility index (Phi) is 6.19. The van der Waals surface area contributed by atoms with Crippen molar-refractivity contribution in [2.24, 2.45) is 13.0 Å². The molecule has 2 aliphatic rings. The number of fused-ring (bicyclic) bond motifs is 1. The minimum atomic E-state index is -4.62. The lowest BCUT2D eigenvalue weighted by molar-refractivity contribution is -0.138. The summed E-state index contributed by atoms with van der Waals surface area (Å²) in [4.78, 5) is 19.3.